The Balaban J connectivity index is 1.25. The molecule has 0 spiro atoms. The fourth-order valence-corrected chi connectivity index (χ4v) is 4.95. The van der Waals surface area contributed by atoms with Crippen LogP contribution in [0.5, 0.6) is 0 Å². The number of nitrogens with one attached hydrogen (secondary N) is 3. The highest BCUT2D eigenvalue weighted by Gasteiger charge is 2.29. The van der Waals surface area contributed by atoms with Gasteiger partial charge in [-0.25, -0.2) is 14.8 Å². The van der Waals surface area contributed by atoms with Crippen LogP contribution < -0.4 is 16.0 Å². The fraction of sp³-hybridized carbons (Fsp3) is 0.348. The third-order valence-corrected chi connectivity index (χ3v) is 6.74. The van der Waals surface area contributed by atoms with Crippen LogP contribution in [0.4, 0.5) is 22.0 Å². The molecule has 1 atom stereocenters. The van der Waals surface area contributed by atoms with E-state index in [2.05, 4.69) is 44.1 Å². The quantitative estimate of drug-likeness (QED) is 0.391. The Morgan fingerprint density at radius 2 is 2.28 bits per heavy atom. The monoisotopic (exact) mass is 450 g/mol. The number of urea groups is 1. The molecule has 1 unspecified atom stereocenters. The molecule has 8 nitrogen and oxygen atoms in total. The summed E-state index contributed by atoms with van der Waals surface area (Å²) in [5, 5.41) is 10.0. The second-order valence-corrected chi connectivity index (χ2v) is 8.83. The number of thiazole rings is 1. The topological polar surface area (TPSA) is 91.4 Å². The van der Waals surface area contributed by atoms with Gasteiger partial charge in [-0.05, 0) is 36.3 Å². The number of fused-ring (bicyclic) bond motifs is 2. The summed E-state index contributed by atoms with van der Waals surface area (Å²) in [6.45, 7) is 2.38. The van der Waals surface area contributed by atoms with Crippen LogP contribution in [0.3, 0.4) is 0 Å². The van der Waals surface area contributed by atoms with Crippen molar-refractivity contribution in [3.05, 3.63) is 53.2 Å². The molecule has 9 heteroatoms. The van der Waals surface area contributed by atoms with Crippen molar-refractivity contribution in [1.29, 1.82) is 0 Å². The van der Waals surface area contributed by atoms with Gasteiger partial charge >= 0.3 is 6.03 Å². The third kappa shape index (κ3) is 4.26. The number of pyridine rings is 1. The van der Waals surface area contributed by atoms with E-state index in [0.29, 0.717) is 26.2 Å². The first-order chi connectivity index (χ1) is 15.7. The molecule has 32 heavy (non-hydrogen) atoms. The second-order valence-electron chi connectivity index (χ2n) is 7.95. The Morgan fingerprint density at radius 3 is 3.12 bits per heavy atom. The van der Waals surface area contributed by atoms with Gasteiger partial charge in [0.05, 0.1) is 28.4 Å². The maximum atomic E-state index is 12.3. The highest BCUT2D eigenvalue weighted by atomic mass is 32.1. The number of amides is 2. The number of rotatable bonds is 6. The van der Waals surface area contributed by atoms with Gasteiger partial charge in [-0.15, -0.1) is 11.3 Å². The van der Waals surface area contributed by atoms with Gasteiger partial charge in [0.2, 0.25) is 0 Å². The smallest absolute Gasteiger partial charge is 0.317 e. The molecular formula is C23H26N6O2S. The summed E-state index contributed by atoms with van der Waals surface area (Å²) >= 11 is 1.64. The predicted octanol–water partition coefficient (Wildman–Crippen LogP) is 3.76. The Hall–Kier alpha value is -3.17. The van der Waals surface area contributed by atoms with Gasteiger partial charge < -0.3 is 25.6 Å². The average Bonchev–Trinajstić information content (AvgIpc) is 3.46. The van der Waals surface area contributed by atoms with Gasteiger partial charge in [0.1, 0.15) is 5.82 Å². The number of carbonyl (C=O) groups excluding carboxylic acids is 1. The molecule has 2 aliphatic rings. The summed E-state index contributed by atoms with van der Waals surface area (Å²) in [6.07, 6.45) is 5.74. The summed E-state index contributed by atoms with van der Waals surface area (Å²) < 4.78 is 6.16. The normalized spacial score (nSPS) is 17.6. The van der Waals surface area contributed by atoms with Crippen molar-refractivity contribution in [2.75, 3.05) is 44.0 Å². The Morgan fingerprint density at radius 1 is 1.34 bits per heavy atom. The van der Waals surface area contributed by atoms with Crippen molar-refractivity contribution in [2.45, 2.75) is 18.9 Å². The molecule has 0 saturated carbocycles. The van der Waals surface area contributed by atoms with Crippen molar-refractivity contribution >= 4 is 44.8 Å². The molecule has 166 valence electrons. The van der Waals surface area contributed by atoms with E-state index in [1.54, 1.807) is 18.4 Å². The van der Waals surface area contributed by atoms with Crippen molar-refractivity contribution in [2.24, 2.45) is 0 Å². The minimum absolute atomic E-state index is 0.0360. The minimum Gasteiger partial charge on any atom is -0.383 e. The van der Waals surface area contributed by atoms with Crippen molar-refractivity contribution in [3.63, 3.8) is 0 Å². The number of hydrogen-bond donors (Lipinski definition) is 3. The van der Waals surface area contributed by atoms with Gasteiger partial charge in [0.15, 0.2) is 0 Å². The van der Waals surface area contributed by atoms with Gasteiger partial charge in [-0.3, -0.25) is 0 Å². The van der Waals surface area contributed by atoms with E-state index in [0.717, 1.165) is 35.6 Å². The Kier molecular flexibility index (Phi) is 5.91. The molecule has 1 aromatic carbocycles. The van der Waals surface area contributed by atoms with Crippen LogP contribution in [0.25, 0.3) is 10.2 Å². The largest absolute Gasteiger partial charge is 0.383 e. The molecule has 0 bridgehead atoms. The lowest BCUT2D eigenvalue weighted by Gasteiger charge is -2.29. The van der Waals surface area contributed by atoms with E-state index < -0.39 is 0 Å². The minimum atomic E-state index is -0.0360. The lowest BCUT2D eigenvalue weighted by molar-refractivity contribution is 0.181. The molecule has 0 aliphatic carbocycles. The first kappa shape index (κ1) is 20.7. The number of methoxy groups -OCH3 is 1. The van der Waals surface area contributed by atoms with Gasteiger partial charge in [0.25, 0.3) is 0 Å². The molecule has 0 saturated heterocycles. The summed E-state index contributed by atoms with van der Waals surface area (Å²) in [6, 6.07) is 8.44. The van der Waals surface area contributed by atoms with Crippen LogP contribution in [-0.2, 0) is 11.2 Å². The Bertz CT molecular complexity index is 1160. The summed E-state index contributed by atoms with van der Waals surface area (Å²) in [7, 11) is 1.63. The predicted molar refractivity (Wildman–Crippen MR) is 128 cm³/mol. The van der Waals surface area contributed by atoms with Crippen molar-refractivity contribution in [3.8, 4) is 0 Å². The van der Waals surface area contributed by atoms with Crippen LogP contribution in [0.2, 0.25) is 0 Å². The van der Waals surface area contributed by atoms with Crippen LogP contribution in [0.1, 0.15) is 12.0 Å². The zero-order chi connectivity index (χ0) is 21.9. The molecule has 3 aromatic rings. The molecular weight excluding hydrogens is 424 g/mol. The zero-order valence-electron chi connectivity index (χ0n) is 17.9. The number of hydrogen-bond acceptors (Lipinski definition) is 7. The van der Waals surface area contributed by atoms with Crippen molar-refractivity contribution < 1.29 is 9.53 Å². The standard InChI is InChI=1S/C23H26N6O2S/c1-31-11-8-25-23(30)29-9-5-15(6-10-29)20-13-17-18(4-7-24-22(17)28-20)27-16-2-3-19-21(12-16)32-14-26-19/h2-5,7,12,14,20H,6,8-11,13H2,1H3,(H,25,30)(H2,24,27,28). The van der Waals surface area contributed by atoms with E-state index in [-0.39, 0.29) is 12.1 Å². The average molecular weight is 451 g/mol. The van der Waals surface area contributed by atoms with E-state index in [4.69, 9.17) is 4.74 Å². The van der Waals surface area contributed by atoms with E-state index in [1.807, 2.05) is 28.7 Å². The van der Waals surface area contributed by atoms with Crippen LogP contribution in [-0.4, -0.2) is 60.3 Å². The molecule has 3 N–H and O–H groups in total. The maximum Gasteiger partial charge on any atom is 0.317 e. The lowest BCUT2D eigenvalue weighted by atomic mass is 9.97. The maximum absolute atomic E-state index is 12.3. The highest BCUT2D eigenvalue weighted by molar-refractivity contribution is 7.16. The number of carbonyl (C=O) groups is 1. The van der Waals surface area contributed by atoms with Gasteiger partial charge in [0, 0.05) is 56.3 Å². The number of nitrogens with zero attached hydrogens (tertiary/aromatic N) is 3. The van der Waals surface area contributed by atoms with E-state index in [1.165, 1.54) is 15.8 Å². The van der Waals surface area contributed by atoms with Crippen LogP contribution in [0.15, 0.2) is 47.6 Å². The number of ether oxygens (including phenoxy) is 1. The molecule has 0 fully saturated rings. The molecule has 0 radical (unpaired) electrons. The molecule has 2 aliphatic heterocycles. The number of anilines is 3. The lowest BCUT2D eigenvalue weighted by Crippen LogP contribution is -2.44. The van der Waals surface area contributed by atoms with Gasteiger partial charge in [-0.1, -0.05) is 6.08 Å². The molecule has 2 amide bonds. The first-order valence-corrected chi connectivity index (χ1v) is 11.6. The molecule has 4 heterocycles. The number of benzene rings is 1. The summed E-state index contributed by atoms with van der Waals surface area (Å²) in [5.74, 6) is 0.930. The van der Waals surface area contributed by atoms with Crippen LogP contribution >= 0.6 is 11.3 Å². The highest BCUT2D eigenvalue weighted by Crippen LogP contribution is 2.35. The first-order valence-electron chi connectivity index (χ1n) is 10.8. The van der Waals surface area contributed by atoms with Gasteiger partial charge in [-0.2, -0.15) is 0 Å². The van der Waals surface area contributed by atoms with E-state index in [9.17, 15) is 4.79 Å². The van der Waals surface area contributed by atoms with Crippen molar-refractivity contribution in [1.82, 2.24) is 20.2 Å². The third-order valence-electron chi connectivity index (χ3n) is 5.95. The zero-order valence-corrected chi connectivity index (χ0v) is 18.7. The molecule has 5 rings (SSSR count). The number of aromatic nitrogens is 2. The SMILES string of the molecule is COCCNC(=O)N1CC=C(C2Cc3c(Nc4ccc5ncsc5c4)ccnc3N2)CC1. The molecule has 2 aromatic heterocycles. The van der Waals surface area contributed by atoms with E-state index >= 15 is 0 Å². The summed E-state index contributed by atoms with van der Waals surface area (Å²) in [4.78, 5) is 23.0. The van der Waals surface area contributed by atoms with Crippen LogP contribution in [0, 0.1) is 0 Å². The summed E-state index contributed by atoms with van der Waals surface area (Å²) in [5.41, 5.74) is 7.54. The Labute approximate surface area is 190 Å². The fourth-order valence-electron chi connectivity index (χ4n) is 4.23. The second kappa shape index (κ2) is 9.13.